The van der Waals surface area contributed by atoms with Crippen LogP contribution in [-0.4, -0.2) is 53.4 Å². The summed E-state index contributed by atoms with van der Waals surface area (Å²) in [7, 11) is -7.61. The number of benzene rings is 2. The van der Waals surface area contributed by atoms with Crippen molar-refractivity contribution in [3.63, 3.8) is 0 Å². The first-order chi connectivity index (χ1) is 15.7. The van der Waals surface area contributed by atoms with Gasteiger partial charge in [0, 0.05) is 23.8 Å². The molecular formula is C21H19ClN2O7S2. The van der Waals surface area contributed by atoms with Gasteiger partial charge < -0.3 is 14.5 Å². The third kappa shape index (κ3) is 4.97. The van der Waals surface area contributed by atoms with Gasteiger partial charge in [0.15, 0.2) is 5.76 Å². The van der Waals surface area contributed by atoms with E-state index in [-0.39, 0.29) is 33.7 Å². The predicted octanol–water partition coefficient (Wildman–Crippen LogP) is 3.04. The van der Waals surface area contributed by atoms with Gasteiger partial charge in [0.1, 0.15) is 0 Å². The second kappa shape index (κ2) is 9.27. The van der Waals surface area contributed by atoms with Crippen LogP contribution in [-0.2, 0) is 24.6 Å². The van der Waals surface area contributed by atoms with Crippen LogP contribution in [0.4, 0.5) is 5.69 Å². The van der Waals surface area contributed by atoms with Crippen molar-refractivity contribution < 1.29 is 30.8 Å². The standard InChI is InChI=1S/C21H19ClN2O7S2/c22-15-1-5-17(6-2-15)32(26,27)20-10-9-19(31-20)21(25)23-16-3-7-18(8-4-16)33(28,29)24-11-13-30-14-12-24/h1-10H,11-14H2,(H,23,25). The fourth-order valence-electron chi connectivity index (χ4n) is 3.16. The summed E-state index contributed by atoms with van der Waals surface area (Å²) in [6.45, 7) is 1.24. The average Bonchev–Trinajstić information content (AvgIpc) is 3.32. The van der Waals surface area contributed by atoms with Crippen LogP contribution in [0.5, 0.6) is 0 Å². The van der Waals surface area contributed by atoms with Gasteiger partial charge in [0.05, 0.1) is 23.0 Å². The molecule has 0 bridgehead atoms. The average molecular weight is 511 g/mol. The molecule has 1 saturated heterocycles. The maximum Gasteiger partial charge on any atom is 0.291 e. The number of anilines is 1. The molecule has 9 nitrogen and oxygen atoms in total. The zero-order chi connectivity index (χ0) is 23.6. The molecule has 1 aliphatic rings. The Bertz CT molecular complexity index is 1360. The van der Waals surface area contributed by atoms with Crippen molar-refractivity contribution in [2.45, 2.75) is 14.9 Å². The number of hydrogen-bond acceptors (Lipinski definition) is 7. The van der Waals surface area contributed by atoms with Crippen LogP contribution in [0.3, 0.4) is 0 Å². The Morgan fingerprint density at radius 2 is 1.45 bits per heavy atom. The van der Waals surface area contributed by atoms with Crippen molar-refractivity contribution in [3.8, 4) is 0 Å². The fraction of sp³-hybridized carbons (Fsp3) is 0.190. The van der Waals surface area contributed by atoms with E-state index in [2.05, 4.69) is 5.32 Å². The zero-order valence-corrected chi connectivity index (χ0v) is 19.5. The van der Waals surface area contributed by atoms with Gasteiger partial charge in [-0.3, -0.25) is 4.79 Å². The molecule has 1 fully saturated rings. The van der Waals surface area contributed by atoms with E-state index in [0.29, 0.717) is 23.9 Å². The fourth-order valence-corrected chi connectivity index (χ4v) is 5.86. The first-order valence-corrected chi connectivity index (χ1v) is 13.1. The summed E-state index contributed by atoms with van der Waals surface area (Å²) in [6, 6.07) is 13.7. The highest BCUT2D eigenvalue weighted by Crippen LogP contribution is 2.25. The van der Waals surface area contributed by atoms with Gasteiger partial charge >= 0.3 is 0 Å². The second-order valence-electron chi connectivity index (χ2n) is 7.07. The van der Waals surface area contributed by atoms with Gasteiger partial charge in [-0.05, 0) is 60.7 Å². The molecule has 0 saturated carbocycles. The molecule has 0 unspecified atom stereocenters. The summed E-state index contributed by atoms with van der Waals surface area (Å²) in [4.78, 5) is 12.6. The quantitative estimate of drug-likeness (QED) is 0.540. The number of nitrogens with one attached hydrogen (secondary N) is 1. The Morgan fingerprint density at radius 3 is 2.09 bits per heavy atom. The summed E-state index contributed by atoms with van der Waals surface area (Å²) in [6.07, 6.45) is 0. The zero-order valence-electron chi connectivity index (χ0n) is 17.1. The molecule has 174 valence electrons. The van der Waals surface area contributed by atoms with Crippen molar-refractivity contribution >= 4 is 43.1 Å². The molecule has 1 N–H and O–H groups in total. The molecular weight excluding hydrogens is 492 g/mol. The topological polar surface area (TPSA) is 123 Å². The lowest BCUT2D eigenvalue weighted by Crippen LogP contribution is -2.40. The SMILES string of the molecule is O=C(Nc1ccc(S(=O)(=O)N2CCOCC2)cc1)c1ccc(S(=O)(=O)c2ccc(Cl)cc2)o1. The molecule has 0 aliphatic carbocycles. The van der Waals surface area contributed by atoms with Crippen LogP contribution < -0.4 is 5.32 Å². The highest BCUT2D eigenvalue weighted by molar-refractivity contribution is 7.91. The number of ether oxygens (including phenoxy) is 1. The molecule has 0 spiro atoms. The minimum atomic E-state index is -3.96. The van der Waals surface area contributed by atoms with Crippen molar-refractivity contribution in [1.82, 2.24) is 4.31 Å². The van der Waals surface area contributed by atoms with E-state index in [0.717, 1.165) is 0 Å². The van der Waals surface area contributed by atoms with Crippen LogP contribution in [0.15, 0.2) is 80.0 Å². The maximum absolute atomic E-state index is 12.7. The van der Waals surface area contributed by atoms with Gasteiger partial charge in [-0.25, -0.2) is 16.8 Å². The van der Waals surface area contributed by atoms with E-state index < -0.39 is 25.8 Å². The molecule has 1 amide bonds. The number of morpholine rings is 1. The Labute approximate surface area is 195 Å². The molecule has 4 rings (SSSR count). The van der Waals surface area contributed by atoms with Gasteiger partial charge in [-0.2, -0.15) is 4.31 Å². The number of amides is 1. The molecule has 1 aliphatic heterocycles. The third-order valence-electron chi connectivity index (χ3n) is 4.91. The van der Waals surface area contributed by atoms with Crippen LogP contribution >= 0.6 is 11.6 Å². The molecule has 0 atom stereocenters. The summed E-state index contributed by atoms with van der Waals surface area (Å²) >= 11 is 5.79. The van der Waals surface area contributed by atoms with Crippen molar-refractivity contribution in [2.75, 3.05) is 31.6 Å². The van der Waals surface area contributed by atoms with Crippen molar-refractivity contribution in [2.24, 2.45) is 0 Å². The van der Waals surface area contributed by atoms with Gasteiger partial charge in [0.25, 0.3) is 5.91 Å². The third-order valence-corrected chi connectivity index (χ3v) is 8.72. The monoisotopic (exact) mass is 510 g/mol. The number of rotatable bonds is 6. The van der Waals surface area contributed by atoms with E-state index in [1.54, 1.807) is 0 Å². The van der Waals surface area contributed by atoms with Crippen LogP contribution in [0.1, 0.15) is 10.6 Å². The molecule has 33 heavy (non-hydrogen) atoms. The number of sulfonamides is 1. The Hall–Kier alpha value is -2.70. The normalized spacial score (nSPS) is 15.3. The number of furan rings is 1. The van der Waals surface area contributed by atoms with Crippen molar-refractivity contribution in [3.05, 3.63) is 71.4 Å². The van der Waals surface area contributed by atoms with Gasteiger partial charge in [-0.15, -0.1) is 0 Å². The number of carbonyl (C=O) groups excluding carboxylic acids is 1. The first-order valence-electron chi connectivity index (χ1n) is 9.78. The number of halogens is 1. The lowest BCUT2D eigenvalue weighted by atomic mass is 10.3. The number of sulfone groups is 1. The Morgan fingerprint density at radius 1 is 0.848 bits per heavy atom. The largest absolute Gasteiger partial charge is 0.439 e. The van der Waals surface area contributed by atoms with Crippen LogP contribution in [0.2, 0.25) is 5.02 Å². The van der Waals surface area contributed by atoms with Gasteiger partial charge in [-0.1, -0.05) is 11.6 Å². The van der Waals surface area contributed by atoms with E-state index in [9.17, 15) is 21.6 Å². The van der Waals surface area contributed by atoms with Crippen LogP contribution in [0, 0.1) is 0 Å². The summed E-state index contributed by atoms with van der Waals surface area (Å²) < 4.78 is 62.5. The first kappa shape index (κ1) is 23.5. The van der Waals surface area contributed by atoms with E-state index in [1.165, 1.54) is 65.0 Å². The van der Waals surface area contributed by atoms with Crippen molar-refractivity contribution in [1.29, 1.82) is 0 Å². The minimum Gasteiger partial charge on any atom is -0.439 e. The summed E-state index contributed by atoms with van der Waals surface area (Å²) in [5.74, 6) is -0.899. The Kier molecular flexibility index (Phi) is 6.59. The highest BCUT2D eigenvalue weighted by Gasteiger charge is 2.27. The maximum atomic E-state index is 12.7. The molecule has 2 aromatic carbocycles. The highest BCUT2D eigenvalue weighted by atomic mass is 35.5. The summed E-state index contributed by atoms with van der Waals surface area (Å²) in [5.41, 5.74) is 0.319. The second-order valence-corrected chi connectivity index (χ2v) is 11.3. The molecule has 1 aromatic heterocycles. The van der Waals surface area contributed by atoms with E-state index in [4.69, 9.17) is 20.8 Å². The summed E-state index contributed by atoms with van der Waals surface area (Å²) in [5, 5.41) is 2.55. The number of hydrogen-bond donors (Lipinski definition) is 1. The molecule has 12 heteroatoms. The minimum absolute atomic E-state index is 0.0229. The lowest BCUT2D eigenvalue weighted by molar-refractivity contribution is 0.0730. The number of carbonyl (C=O) groups is 1. The molecule has 0 radical (unpaired) electrons. The van der Waals surface area contributed by atoms with E-state index >= 15 is 0 Å². The van der Waals surface area contributed by atoms with Crippen LogP contribution in [0.25, 0.3) is 0 Å². The number of nitrogens with zero attached hydrogens (tertiary/aromatic N) is 1. The lowest BCUT2D eigenvalue weighted by Gasteiger charge is -2.26. The molecule has 2 heterocycles. The molecule has 3 aromatic rings. The Balaban J connectivity index is 1.47. The van der Waals surface area contributed by atoms with E-state index in [1.807, 2.05) is 0 Å². The predicted molar refractivity (Wildman–Crippen MR) is 120 cm³/mol. The smallest absolute Gasteiger partial charge is 0.291 e. The van der Waals surface area contributed by atoms with Gasteiger partial charge in [0.2, 0.25) is 25.0 Å².